The third kappa shape index (κ3) is 5.46. The minimum absolute atomic E-state index is 0.105. The number of carbonyl (C=O) groups excluding carboxylic acids is 1. The van der Waals surface area contributed by atoms with Crippen molar-refractivity contribution in [1.29, 1.82) is 0 Å². The van der Waals surface area contributed by atoms with Crippen LogP contribution in [-0.2, 0) is 17.9 Å². The molecule has 5 heteroatoms. The molecule has 1 N–H and O–H groups in total. The molecule has 0 fully saturated rings. The summed E-state index contributed by atoms with van der Waals surface area (Å²) in [7, 11) is 0. The summed E-state index contributed by atoms with van der Waals surface area (Å²) in [5.41, 5.74) is 3.83. The second-order valence-corrected chi connectivity index (χ2v) is 7.10. The topological polar surface area (TPSA) is 45.5 Å². The summed E-state index contributed by atoms with van der Waals surface area (Å²) < 4.78 is 5.46. The Hall–Kier alpha value is -2.56. The maximum absolute atomic E-state index is 12.7. The van der Waals surface area contributed by atoms with Gasteiger partial charge in [0.25, 0.3) is 0 Å². The van der Waals surface area contributed by atoms with Crippen LogP contribution >= 0.6 is 11.6 Å². The third-order valence-corrected chi connectivity index (χ3v) is 4.57. The van der Waals surface area contributed by atoms with E-state index in [-0.39, 0.29) is 12.5 Å². The van der Waals surface area contributed by atoms with Crippen molar-refractivity contribution in [1.82, 2.24) is 4.90 Å². The molecule has 2 aromatic carbocycles. The molecule has 4 nitrogen and oxygen atoms in total. The predicted molar refractivity (Wildman–Crippen MR) is 109 cm³/mol. The fourth-order valence-electron chi connectivity index (χ4n) is 3.09. The normalized spacial score (nSPS) is 11.0. The fourth-order valence-corrected chi connectivity index (χ4v) is 3.46. The van der Waals surface area contributed by atoms with E-state index in [0.29, 0.717) is 23.8 Å². The number of furan rings is 1. The van der Waals surface area contributed by atoms with Gasteiger partial charge in [0.2, 0.25) is 5.91 Å². The summed E-state index contributed by atoms with van der Waals surface area (Å²) >= 11 is 6.32. The van der Waals surface area contributed by atoms with Crippen LogP contribution in [0.4, 0.5) is 5.69 Å². The lowest BCUT2D eigenvalue weighted by Gasteiger charge is -2.21. The fraction of sp³-hybridized carbons (Fsp3) is 0.227. The molecule has 0 atom stereocenters. The first kappa shape index (κ1) is 19.2. The molecule has 3 aromatic rings. The van der Waals surface area contributed by atoms with Crippen molar-refractivity contribution in [3.05, 3.63) is 88.3 Å². The lowest BCUT2D eigenvalue weighted by atomic mass is 10.1. The molecule has 0 aliphatic carbocycles. The van der Waals surface area contributed by atoms with Crippen molar-refractivity contribution in [3.8, 4) is 0 Å². The van der Waals surface area contributed by atoms with Crippen LogP contribution in [0.3, 0.4) is 0 Å². The molecule has 0 saturated carbocycles. The molecule has 0 aliphatic heterocycles. The number of anilines is 1. The zero-order valence-corrected chi connectivity index (χ0v) is 16.3. The van der Waals surface area contributed by atoms with Crippen LogP contribution in [0.25, 0.3) is 0 Å². The summed E-state index contributed by atoms with van der Waals surface area (Å²) in [6, 6.07) is 17.7. The summed E-state index contributed by atoms with van der Waals surface area (Å²) in [6.07, 6.45) is 1.64. The molecule has 1 heterocycles. The Labute approximate surface area is 164 Å². The van der Waals surface area contributed by atoms with Crippen LogP contribution < -0.4 is 5.32 Å². The molecule has 27 heavy (non-hydrogen) atoms. The Morgan fingerprint density at radius 1 is 1.07 bits per heavy atom. The van der Waals surface area contributed by atoms with Crippen molar-refractivity contribution < 1.29 is 9.21 Å². The van der Waals surface area contributed by atoms with E-state index in [2.05, 4.69) is 5.32 Å². The number of aryl methyl sites for hydroxylation is 2. The van der Waals surface area contributed by atoms with Gasteiger partial charge >= 0.3 is 0 Å². The number of nitrogens with zero attached hydrogens (tertiary/aromatic N) is 1. The van der Waals surface area contributed by atoms with Crippen LogP contribution in [-0.4, -0.2) is 17.4 Å². The van der Waals surface area contributed by atoms with Gasteiger partial charge in [0.05, 0.1) is 30.1 Å². The van der Waals surface area contributed by atoms with E-state index in [1.54, 1.807) is 6.26 Å². The first-order chi connectivity index (χ1) is 13.0. The number of carbonyl (C=O) groups is 1. The molecular formula is C22H23ClN2O2. The zero-order chi connectivity index (χ0) is 19.2. The monoisotopic (exact) mass is 382 g/mol. The molecule has 0 unspecified atom stereocenters. The summed E-state index contributed by atoms with van der Waals surface area (Å²) in [5, 5.41) is 3.52. The van der Waals surface area contributed by atoms with Crippen LogP contribution in [0.15, 0.2) is 65.3 Å². The van der Waals surface area contributed by atoms with Gasteiger partial charge in [-0.2, -0.15) is 0 Å². The molecule has 0 saturated heterocycles. The minimum atomic E-state index is -0.105. The Bertz CT molecular complexity index is 869. The third-order valence-electron chi connectivity index (χ3n) is 4.27. The Kier molecular flexibility index (Phi) is 6.32. The highest BCUT2D eigenvalue weighted by Crippen LogP contribution is 2.27. The zero-order valence-electron chi connectivity index (χ0n) is 15.5. The second kappa shape index (κ2) is 8.89. The largest absolute Gasteiger partial charge is 0.468 e. The number of hydrogen-bond acceptors (Lipinski definition) is 3. The van der Waals surface area contributed by atoms with E-state index < -0.39 is 0 Å². The smallest absolute Gasteiger partial charge is 0.238 e. The van der Waals surface area contributed by atoms with Gasteiger partial charge in [0.1, 0.15) is 5.76 Å². The van der Waals surface area contributed by atoms with Gasteiger partial charge < -0.3 is 9.73 Å². The van der Waals surface area contributed by atoms with Gasteiger partial charge in [0, 0.05) is 6.54 Å². The molecular weight excluding hydrogens is 360 g/mol. The van der Waals surface area contributed by atoms with Crippen molar-refractivity contribution >= 4 is 23.2 Å². The number of rotatable bonds is 7. The maximum atomic E-state index is 12.7. The van der Waals surface area contributed by atoms with E-state index in [1.165, 1.54) is 0 Å². The Morgan fingerprint density at radius 3 is 2.52 bits per heavy atom. The molecule has 0 bridgehead atoms. The van der Waals surface area contributed by atoms with Crippen molar-refractivity contribution in [2.45, 2.75) is 26.9 Å². The summed E-state index contributed by atoms with van der Waals surface area (Å²) in [6.45, 7) is 5.36. The quantitative estimate of drug-likeness (QED) is 0.611. The average Bonchev–Trinajstić information content (AvgIpc) is 3.12. The molecule has 0 aliphatic rings. The first-order valence-electron chi connectivity index (χ1n) is 8.86. The molecule has 1 amide bonds. The van der Waals surface area contributed by atoms with E-state index in [1.807, 2.05) is 73.3 Å². The molecule has 140 valence electrons. The van der Waals surface area contributed by atoms with E-state index >= 15 is 0 Å². The van der Waals surface area contributed by atoms with Crippen LogP contribution in [0, 0.1) is 13.8 Å². The van der Waals surface area contributed by atoms with Gasteiger partial charge in [-0.05, 0) is 48.7 Å². The van der Waals surface area contributed by atoms with Crippen LogP contribution in [0.2, 0.25) is 5.02 Å². The number of halogens is 1. The van der Waals surface area contributed by atoms with E-state index in [9.17, 15) is 4.79 Å². The molecule has 3 rings (SSSR count). The summed E-state index contributed by atoms with van der Waals surface area (Å²) in [5.74, 6) is 0.717. The average molecular weight is 383 g/mol. The van der Waals surface area contributed by atoms with Gasteiger partial charge in [0.15, 0.2) is 0 Å². The van der Waals surface area contributed by atoms with Crippen molar-refractivity contribution in [2.75, 3.05) is 11.9 Å². The van der Waals surface area contributed by atoms with Crippen molar-refractivity contribution in [3.63, 3.8) is 0 Å². The van der Waals surface area contributed by atoms with Crippen LogP contribution in [0.5, 0.6) is 0 Å². The Balaban J connectivity index is 1.72. The minimum Gasteiger partial charge on any atom is -0.468 e. The number of hydrogen-bond donors (Lipinski definition) is 1. The van der Waals surface area contributed by atoms with Gasteiger partial charge in [-0.1, -0.05) is 48.0 Å². The highest BCUT2D eigenvalue weighted by Gasteiger charge is 2.15. The standard InChI is InChI=1S/C22H23ClN2O2/c1-16-11-17(2)22(20(23)12-16)24-21(26)15-25(14-19-9-6-10-27-19)13-18-7-4-3-5-8-18/h3-12H,13-15H2,1-2H3,(H,24,26). The number of nitrogens with one attached hydrogen (secondary N) is 1. The highest BCUT2D eigenvalue weighted by atomic mass is 35.5. The van der Waals surface area contributed by atoms with Crippen LogP contribution in [0.1, 0.15) is 22.5 Å². The van der Waals surface area contributed by atoms with E-state index in [4.69, 9.17) is 16.0 Å². The maximum Gasteiger partial charge on any atom is 0.238 e. The SMILES string of the molecule is Cc1cc(C)c(NC(=O)CN(Cc2ccccc2)Cc2ccco2)c(Cl)c1. The van der Waals surface area contributed by atoms with Gasteiger partial charge in [-0.3, -0.25) is 9.69 Å². The predicted octanol–water partition coefficient (Wildman–Crippen LogP) is 5.19. The molecule has 1 aromatic heterocycles. The number of amides is 1. The second-order valence-electron chi connectivity index (χ2n) is 6.70. The van der Waals surface area contributed by atoms with E-state index in [0.717, 1.165) is 22.5 Å². The molecule has 0 spiro atoms. The van der Waals surface area contributed by atoms with Gasteiger partial charge in [-0.15, -0.1) is 0 Å². The lowest BCUT2D eigenvalue weighted by Crippen LogP contribution is -2.32. The first-order valence-corrected chi connectivity index (χ1v) is 9.24. The lowest BCUT2D eigenvalue weighted by molar-refractivity contribution is -0.117. The summed E-state index contributed by atoms with van der Waals surface area (Å²) in [4.78, 5) is 14.7. The number of benzene rings is 2. The van der Waals surface area contributed by atoms with Crippen molar-refractivity contribution in [2.24, 2.45) is 0 Å². The molecule has 0 radical (unpaired) electrons. The Morgan fingerprint density at radius 2 is 1.85 bits per heavy atom. The highest BCUT2D eigenvalue weighted by molar-refractivity contribution is 6.34. The van der Waals surface area contributed by atoms with Gasteiger partial charge in [-0.25, -0.2) is 0 Å².